The van der Waals surface area contributed by atoms with Crippen molar-refractivity contribution in [2.24, 2.45) is 0 Å². The maximum Gasteiger partial charge on any atom is 0.248 e. The van der Waals surface area contributed by atoms with Crippen molar-refractivity contribution in [3.8, 4) is 11.5 Å². The summed E-state index contributed by atoms with van der Waals surface area (Å²) in [5, 5.41) is 0. The van der Waals surface area contributed by atoms with Crippen LogP contribution in [0.3, 0.4) is 0 Å². The van der Waals surface area contributed by atoms with E-state index in [-0.39, 0.29) is 24.3 Å². The number of carbonyl (C=O) groups is 1. The third-order valence-corrected chi connectivity index (χ3v) is 3.59. The number of likely N-dealkylation sites (N-methyl/N-ethyl adjacent to an activating group) is 1. The molecule has 1 saturated heterocycles. The third-order valence-electron chi connectivity index (χ3n) is 3.59. The van der Waals surface area contributed by atoms with Crippen molar-refractivity contribution in [3.05, 3.63) is 54.1 Å². The Morgan fingerprint density at radius 1 is 1.32 bits per heavy atom. The molecule has 0 radical (unpaired) electrons. The smallest absolute Gasteiger partial charge is 0.248 e. The Balaban J connectivity index is 1.93. The third kappa shape index (κ3) is 2.78. The van der Waals surface area contributed by atoms with Gasteiger partial charge in [0, 0.05) is 25.0 Å². The molecular formula is C16H15FN2O3. The number of nitrogens with zero attached hydrogens (tertiary/aromatic N) is 2. The largest absolute Gasteiger partial charge is 0.454 e. The molecule has 0 bridgehead atoms. The summed E-state index contributed by atoms with van der Waals surface area (Å²) in [6.07, 6.45) is 3.17. The maximum atomic E-state index is 13.8. The van der Waals surface area contributed by atoms with Crippen molar-refractivity contribution in [2.45, 2.75) is 6.04 Å². The summed E-state index contributed by atoms with van der Waals surface area (Å²) in [6, 6.07) is 7.50. The van der Waals surface area contributed by atoms with Crippen molar-refractivity contribution in [2.75, 3.05) is 20.3 Å². The minimum Gasteiger partial charge on any atom is -0.454 e. The zero-order valence-corrected chi connectivity index (χ0v) is 12.0. The number of morpholine rings is 1. The molecule has 0 aliphatic carbocycles. The minimum atomic E-state index is -0.449. The van der Waals surface area contributed by atoms with Gasteiger partial charge in [0.15, 0.2) is 11.6 Å². The molecule has 1 aromatic carbocycles. The average molecular weight is 302 g/mol. The van der Waals surface area contributed by atoms with Crippen LogP contribution in [0.5, 0.6) is 11.5 Å². The fraction of sp³-hybridized carbons (Fsp3) is 0.250. The van der Waals surface area contributed by atoms with E-state index in [4.69, 9.17) is 9.47 Å². The summed E-state index contributed by atoms with van der Waals surface area (Å²) in [7, 11) is 1.70. The molecule has 2 aromatic rings. The molecule has 1 unspecified atom stereocenters. The van der Waals surface area contributed by atoms with Gasteiger partial charge in [0.1, 0.15) is 12.4 Å². The number of halogens is 1. The minimum absolute atomic E-state index is 0.0662. The van der Waals surface area contributed by atoms with Gasteiger partial charge < -0.3 is 14.4 Å². The van der Waals surface area contributed by atoms with Crippen LogP contribution in [-0.2, 0) is 9.53 Å². The van der Waals surface area contributed by atoms with E-state index in [0.29, 0.717) is 17.9 Å². The Kier molecular flexibility index (Phi) is 4.02. The summed E-state index contributed by atoms with van der Waals surface area (Å²) in [5.41, 5.74) is 0.682. The van der Waals surface area contributed by atoms with Crippen LogP contribution in [0.4, 0.5) is 4.39 Å². The monoisotopic (exact) mass is 302 g/mol. The van der Waals surface area contributed by atoms with Crippen molar-refractivity contribution in [1.82, 2.24) is 9.88 Å². The quantitative estimate of drug-likeness (QED) is 0.874. The van der Waals surface area contributed by atoms with E-state index in [1.165, 1.54) is 6.07 Å². The molecular weight excluding hydrogens is 287 g/mol. The van der Waals surface area contributed by atoms with E-state index in [9.17, 15) is 9.18 Å². The molecule has 1 aromatic heterocycles. The highest BCUT2D eigenvalue weighted by Gasteiger charge is 2.29. The van der Waals surface area contributed by atoms with Gasteiger partial charge in [-0.05, 0) is 18.2 Å². The van der Waals surface area contributed by atoms with Gasteiger partial charge in [-0.2, -0.15) is 0 Å². The van der Waals surface area contributed by atoms with Gasteiger partial charge in [-0.1, -0.05) is 12.1 Å². The lowest BCUT2D eigenvalue weighted by Crippen LogP contribution is -2.41. The molecule has 2 heterocycles. The number of benzene rings is 1. The number of ether oxygens (including phenoxy) is 2. The molecule has 3 rings (SSSR count). The summed E-state index contributed by atoms with van der Waals surface area (Å²) in [4.78, 5) is 17.5. The number of aromatic nitrogens is 1. The highest BCUT2D eigenvalue weighted by molar-refractivity contribution is 5.78. The van der Waals surface area contributed by atoms with Crippen LogP contribution < -0.4 is 4.74 Å². The Labute approximate surface area is 127 Å². The maximum absolute atomic E-state index is 13.8. The van der Waals surface area contributed by atoms with E-state index in [0.717, 1.165) is 0 Å². The molecule has 0 N–H and O–H groups in total. The van der Waals surface area contributed by atoms with Gasteiger partial charge in [-0.15, -0.1) is 0 Å². The van der Waals surface area contributed by atoms with Gasteiger partial charge in [0.2, 0.25) is 5.91 Å². The molecule has 0 spiro atoms. The number of rotatable bonds is 3. The number of carbonyl (C=O) groups excluding carboxylic acids is 1. The first-order chi connectivity index (χ1) is 10.7. The zero-order chi connectivity index (χ0) is 15.5. The molecule has 6 heteroatoms. The Hall–Kier alpha value is -2.47. The second-order valence-corrected chi connectivity index (χ2v) is 4.98. The zero-order valence-electron chi connectivity index (χ0n) is 12.0. The van der Waals surface area contributed by atoms with Crippen LogP contribution in [0.15, 0.2) is 42.7 Å². The second kappa shape index (κ2) is 6.11. The molecule has 1 aliphatic rings. The van der Waals surface area contributed by atoms with Crippen LogP contribution in [0.25, 0.3) is 0 Å². The normalized spacial score (nSPS) is 18.4. The van der Waals surface area contributed by atoms with Gasteiger partial charge in [-0.25, -0.2) is 4.39 Å². The first kappa shape index (κ1) is 14.5. The Morgan fingerprint density at radius 2 is 2.14 bits per heavy atom. The van der Waals surface area contributed by atoms with Crippen LogP contribution in [0.1, 0.15) is 11.6 Å². The lowest BCUT2D eigenvalue weighted by Gasteiger charge is -2.33. The molecule has 22 heavy (non-hydrogen) atoms. The standard InChI is InChI=1S/C16H15FN2O3/c1-19-13(9-21-10-16(19)20)11-8-18-7-6-14(11)22-15-5-3-2-4-12(15)17/h2-8,13H,9-10H2,1H3. The number of pyridine rings is 1. The average Bonchev–Trinajstić information content (AvgIpc) is 2.53. The van der Waals surface area contributed by atoms with Gasteiger partial charge >= 0.3 is 0 Å². The highest BCUT2D eigenvalue weighted by atomic mass is 19.1. The van der Waals surface area contributed by atoms with E-state index in [1.807, 2.05) is 0 Å². The van der Waals surface area contributed by atoms with E-state index in [2.05, 4.69) is 4.98 Å². The molecule has 1 aliphatic heterocycles. The lowest BCUT2D eigenvalue weighted by molar-refractivity contribution is -0.146. The molecule has 1 atom stereocenters. The van der Waals surface area contributed by atoms with E-state index >= 15 is 0 Å². The van der Waals surface area contributed by atoms with Crippen molar-refractivity contribution in [1.29, 1.82) is 0 Å². The summed E-state index contributed by atoms with van der Waals surface area (Å²) in [6.45, 7) is 0.415. The molecule has 1 amide bonds. The van der Waals surface area contributed by atoms with Gasteiger partial charge in [-0.3, -0.25) is 9.78 Å². The summed E-state index contributed by atoms with van der Waals surface area (Å²) >= 11 is 0. The van der Waals surface area contributed by atoms with Crippen molar-refractivity contribution >= 4 is 5.91 Å². The number of hydrogen-bond donors (Lipinski definition) is 0. The SMILES string of the molecule is CN1C(=O)COCC1c1cnccc1Oc1ccccc1F. The summed E-state index contributed by atoms with van der Waals surface area (Å²) in [5.74, 6) is 0.0161. The van der Waals surface area contributed by atoms with E-state index in [1.54, 1.807) is 48.6 Å². The topological polar surface area (TPSA) is 51.7 Å². The van der Waals surface area contributed by atoms with Crippen molar-refractivity contribution < 1.29 is 18.7 Å². The lowest BCUT2D eigenvalue weighted by atomic mass is 10.1. The molecule has 0 saturated carbocycles. The predicted octanol–water partition coefficient (Wildman–Crippen LogP) is 2.54. The van der Waals surface area contributed by atoms with Gasteiger partial charge in [0.25, 0.3) is 0 Å². The van der Waals surface area contributed by atoms with Crippen LogP contribution in [-0.4, -0.2) is 36.1 Å². The van der Waals surface area contributed by atoms with Crippen molar-refractivity contribution in [3.63, 3.8) is 0 Å². The number of hydrogen-bond acceptors (Lipinski definition) is 4. The first-order valence-corrected chi connectivity index (χ1v) is 6.86. The number of amides is 1. The highest BCUT2D eigenvalue weighted by Crippen LogP contribution is 2.33. The van der Waals surface area contributed by atoms with Gasteiger partial charge in [0.05, 0.1) is 12.6 Å². The predicted molar refractivity (Wildman–Crippen MR) is 77.0 cm³/mol. The Bertz CT molecular complexity index is 693. The fourth-order valence-electron chi connectivity index (χ4n) is 2.33. The van der Waals surface area contributed by atoms with E-state index < -0.39 is 5.82 Å². The molecule has 114 valence electrons. The van der Waals surface area contributed by atoms with Crippen LogP contribution in [0, 0.1) is 5.82 Å². The first-order valence-electron chi connectivity index (χ1n) is 6.86. The number of para-hydroxylation sites is 1. The molecule has 1 fully saturated rings. The van der Waals surface area contributed by atoms with Crippen LogP contribution in [0.2, 0.25) is 0 Å². The Morgan fingerprint density at radius 3 is 2.95 bits per heavy atom. The summed E-state index contributed by atoms with van der Waals surface area (Å²) < 4.78 is 24.7. The van der Waals surface area contributed by atoms with Crippen LogP contribution >= 0.6 is 0 Å². The fourth-order valence-corrected chi connectivity index (χ4v) is 2.33. The molecule has 5 nitrogen and oxygen atoms in total. The second-order valence-electron chi connectivity index (χ2n) is 4.98.